The number of hydrogen-bond acceptors (Lipinski definition) is 4. The van der Waals surface area contributed by atoms with Gasteiger partial charge in [0.2, 0.25) is 0 Å². The Hall–Kier alpha value is -7.77. The summed E-state index contributed by atoms with van der Waals surface area (Å²) < 4.78 is 24.3. The van der Waals surface area contributed by atoms with Crippen molar-refractivity contribution < 1.29 is 8.81 Å². The number of para-hydroxylation sites is 1. The molecule has 5 aromatic heterocycles. The zero-order chi connectivity index (χ0) is 38.0. The molecule has 0 bridgehead atoms. The van der Waals surface area contributed by atoms with Crippen LogP contribution >= 0.6 is 0 Å². The predicted molar refractivity (Wildman–Crippen MR) is 231 cm³/mol. The Morgan fingerprint density at radius 3 is 1.98 bits per heavy atom. The number of halogens is 1. The van der Waals surface area contributed by atoms with Gasteiger partial charge in [0.25, 0.3) is 0 Å². The lowest BCUT2D eigenvalue weighted by Gasteiger charge is -2.11. The second-order valence-corrected chi connectivity index (χ2v) is 14.2. The lowest BCUT2D eigenvalue weighted by molar-refractivity contribution is 0.669. The van der Waals surface area contributed by atoms with Crippen LogP contribution in [0.15, 0.2) is 181 Å². The minimum atomic E-state index is 0.522. The number of nitrogens with zero attached hydrogens (tertiary/aromatic N) is 4. The molecule has 6 aromatic carbocycles. The second-order valence-electron chi connectivity index (χ2n) is 14.2. The zero-order valence-electron chi connectivity index (χ0n) is 30.5. The Bertz CT molecular complexity index is 3380. The Kier molecular flexibility index (Phi) is 7.40. The summed E-state index contributed by atoms with van der Waals surface area (Å²) in [6, 6.07) is 53.9. The summed E-state index contributed by atoms with van der Waals surface area (Å²) in [5.41, 5.74) is 21.5. The van der Waals surface area contributed by atoms with Crippen LogP contribution in [0.4, 0.5) is 10.1 Å². The molecule has 11 aromatic rings. The maximum atomic E-state index is 13.6. The smallest absolute Gasteiger partial charge is 0.135 e. The minimum absolute atomic E-state index is 0.522. The fourth-order valence-corrected chi connectivity index (χ4v) is 8.44. The number of anilines is 1. The third-order valence-electron chi connectivity index (χ3n) is 11.0. The first kappa shape index (κ1) is 32.6. The fourth-order valence-electron chi connectivity index (χ4n) is 8.44. The maximum Gasteiger partial charge on any atom is 0.135 e. The van der Waals surface area contributed by atoms with Crippen LogP contribution < -0.4 is 5.73 Å². The summed E-state index contributed by atoms with van der Waals surface area (Å²) >= 11 is 0. The van der Waals surface area contributed by atoms with Gasteiger partial charge in [-0.15, -0.1) is 0 Å². The van der Waals surface area contributed by atoms with E-state index in [1.165, 1.54) is 6.08 Å². The van der Waals surface area contributed by atoms with Crippen molar-refractivity contribution in [2.24, 2.45) is 0 Å². The van der Waals surface area contributed by atoms with Crippen molar-refractivity contribution in [1.29, 1.82) is 0 Å². The number of benzene rings is 6. The van der Waals surface area contributed by atoms with Crippen molar-refractivity contribution in [3.05, 3.63) is 182 Å². The van der Waals surface area contributed by atoms with E-state index in [-0.39, 0.29) is 0 Å². The van der Waals surface area contributed by atoms with Gasteiger partial charge in [0.05, 0.1) is 45.5 Å². The molecule has 6 nitrogen and oxygen atoms in total. The van der Waals surface area contributed by atoms with E-state index < -0.39 is 0 Å². The van der Waals surface area contributed by atoms with Gasteiger partial charge in [-0.3, -0.25) is 9.97 Å². The molecule has 5 heterocycles. The lowest BCUT2D eigenvalue weighted by atomic mass is 9.96. The number of hydrogen-bond donors (Lipinski definition) is 1. The average Bonchev–Trinajstić information content (AvgIpc) is 3.90. The average molecular weight is 738 g/mol. The Morgan fingerprint density at radius 2 is 1.18 bits per heavy atom. The van der Waals surface area contributed by atoms with Crippen molar-refractivity contribution in [3.63, 3.8) is 0 Å². The zero-order valence-corrected chi connectivity index (χ0v) is 30.5. The molecule has 0 aliphatic carbocycles. The summed E-state index contributed by atoms with van der Waals surface area (Å²) in [5.74, 6) is 0. The van der Waals surface area contributed by atoms with Crippen LogP contribution in [0.2, 0.25) is 0 Å². The van der Waals surface area contributed by atoms with Gasteiger partial charge in [-0.05, 0) is 119 Å². The number of aromatic nitrogens is 4. The summed E-state index contributed by atoms with van der Waals surface area (Å²) in [6.45, 7) is 0. The maximum absolute atomic E-state index is 13.6. The number of nitrogens with two attached hydrogens (primary N) is 1. The highest BCUT2D eigenvalue weighted by atomic mass is 19.1. The van der Waals surface area contributed by atoms with Crippen LogP contribution in [0, 0.1) is 0 Å². The third-order valence-corrected chi connectivity index (χ3v) is 11.0. The van der Waals surface area contributed by atoms with E-state index in [1.807, 2.05) is 77.6 Å². The van der Waals surface area contributed by atoms with Crippen molar-refractivity contribution >= 4 is 66.5 Å². The van der Waals surface area contributed by atoms with Gasteiger partial charge >= 0.3 is 0 Å². The van der Waals surface area contributed by atoms with Crippen molar-refractivity contribution in [2.75, 3.05) is 5.73 Å². The first-order valence-corrected chi connectivity index (χ1v) is 18.8. The standard InChI is InChI=1S/C50H32FN5O/c51-24-23-45-49(52)40-28-31(15-19-43(40)55(45)34-9-2-1-3-10-34)32-17-21-47-38(27-32)39-30-35(18-22-48(39)57-47)56-44-20-16-33(29-41(44)50-46(56)14-8-26-54-50)36-11-4-5-12-37(36)42-13-6-7-25-53-42/h1-30H,52H2/b24-23-. The number of rotatable bonds is 6. The van der Waals surface area contributed by atoms with Crippen LogP contribution in [0.1, 0.15) is 5.69 Å². The first-order chi connectivity index (χ1) is 28.1. The molecule has 270 valence electrons. The molecule has 57 heavy (non-hydrogen) atoms. The van der Waals surface area contributed by atoms with Crippen LogP contribution in [0.3, 0.4) is 0 Å². The Labute approximate surface area is 326 Å². The second kappa shape index (κ2) is 12.9. The van der Waals surface area contributed by atoms with E-state index in [2.05, 4.69) is 107 Å². The van der Waals surface area contributed by atoms with Crippen LogP contribution in [0.25, 0.3) is 106 Å². The highest BCUT2D eigenvalue weighted by molar-refractivity contribution is 6.11. The molecule has 0 spiro atoms. The van der Waals surface area contributed by atoms with Gasteiger partial charge in [-0.1, -0.05) is 66.7 Å². The minimum Gasteiger partial charge on any atom is -0.456 e. The molecule has 11 rings (SSSR count). The van der Waals surface area contributed by atoms with E-state index in [9.17, 15) is 4.39 Å². The molecule has 0 aliphatic heterocycles. The molecular formula is C50H32FN5O. The molecule has 0 atom stereocenters. The molecule has 7 heteroatoms. The topological polar surface area (TPSA) is 74.8 Å². The highest BCUT2D eigenvalue weighted by Gasteiger charge is 2.19. The van der Waals surface area contributed by atoms with Gasteiger partial charge in [0.15, 0.2) is 0 Å². The molecule has 0 amide bonds. The third kappa shape index (κ3) is 5.17. The molecular weight excluding hydrogens is 706 g/mol. The fraction of sp³-hybridized carbons (Fsp3) is 0. The summed E-state index contributed by atoms with van der Waals surface area (Å²) in [5, 5.41) is 3.94. The van der Waals surface area contributed by atoms with Crippen molar-refractivity contribution in [2.45, 2.75) is 0 Å². The van der Waals surface area contributed by atoms with Crippen LogP contribution in [-0.2, 0) is 0 Å². The van der Waals surface area contributed by atoms with E-state index >= 15 is 0 Å². The van der Waals surface area contributed by atoms with Gasteiger partial charge in [-0.25, -0.2) is 4.39 Å². The quantitative estimate of drug-likeness (QED) is 0.184. The van der Waals surface area contributed by atoms with Gasteiger partial charge in [0.1, 0.15) is 11.2 Å². The summed E-state index contributed by atoms with van der Waals surface area (Å²) in [6.07, 6.45) is 5.64. The number of pyridine rings is 2. The predicted octanol–water partition coefficient (Wildman–Crippen LogP) is 12.9. The molecule has 0 fully saturated rings. The van der Waals surface area contributed by atoms with Crippen LogP contribution in [-0.4, -0.2) is 19.1 Å². The van der Waals surface area contributed by atoms with Crippen LogP contribution in [0.5, 0.6) is 0 Å². The number of furan rings is 1. The van der Waals surface area contributed by atoms with Gasteiger partial charge < -0.3 is 19.3 Å². The van der Waals surface area contributed by atoms with E-state index in [1.54, 1.807) is 0 Å². The molecule has 2 N–H and O–H groups in total. The molecule has 0 radical (unpaired) electrons. The van der Waals surface area contributed by atoms with Gasteiger partial charge in [-0.2, -0.15) is 0 Å². The summed E-state index contributed by atoms with van der Waals surface area (Å²) in [4.78, 5) is 9.54. The van der Waals surface area contributed by atoms with E-state index in [0.29, 0.717) is 17.7 Å². The summed E-state index contributed by atoms with van der Waals surface area (Å²) in [7, 11) is 0. The SMILES string of the molecule is Nc1c(/C=C\F)n(-c2ccccc2)c2ccc(-c3ccc4oc5ccc(-n6c7ccc(-c8ccccc8-c8ccccn8)cc7c7ncccc76)cc5c4c3)cc12. The molecule has 0 unspecified atom stereocenters. The monoisotopic (exact) mass is 737 g/mol. The molecule has 0 aliphatic rings. The van der Waals surface area contributed by atoms with Gasteiger partial charge in [0, 0.05) is 50.9 Å². The number of fused-ring (bicyclic) bond motifs is 7. The Balaban J connectivity index is 1.04. The number of nitrogen functional groups attached to an aromatic ring is 1. The van der Waals surface area contributed by atoms with Crippen molar-refractivity contribution in [1.82, 2.24) is 19.1 Å². The highest BCUT2D eigenvalue weighted by Crippen LogP contribution is 2.40. The molecule has 0 saturated carbocycles. The largest absolute Gasteiger partial charge is 0.456 e. The Morgan fingerprint density at radius 1 is 0.509 bits per heavy atom. The van der Waals surface area contributed by atoms with E-state index in [0.717, 1.165) is 99.7 Å². The first-order valence-electron chi connectivity index (χ1n) is 18.8. The van der Waals surface area contributed by atoms with Crippen molar-refractivity contribution in [3.8, 4) is 44.9 Å². The lowest BCUT2D eigenvalue weighted by Crippen LogP contribution is -1.97. The molecule has 0 saturated heterocycles. The normalized spacial score (nSPS) is 11.9. The van der Waals surface area contributed by atoms with E-state index in [4.69, 9.17) is 15.1 Å².